The second kappa shape index (κ2) is 6.71. The molecule has 144 valence electrons. The molecule has 2 fully saturated rings. The standard InChI is InChI=1S/C22H31N5/c1-17-24-21-20(27(17)13-18-6-7-18)15-26(14-19-5-3-4-10-23-19)16-22(21)8-11-25(2)12-9-22/h3-5,10,18H,6-9,11-16H2,1-2H3. The summed E-state index contributed by atoms with van der Waals surface area (Å²) in [5.74, 6) is 2.10. The zero-order valence-corrected chi connectivity index (χ0v) is 16.7. The average Bonchev–Trinajstić information content (AvgIpc) is 3.44. The first-order chi connectivity index (χ1) is 13.1. The van der Waals surface area contributed by atoms with Gasteiger partial charge in [0.15, 0.2) is 0 Å². The van der Waals surface area contributed by atoms with Gasteiger partial charge in [-0.2, -0.15) is 0 Å². The van der Waals surface area contributed by atoms with Crippen molar-refractivity contribution in [1.29, 1.82) is 0 Å². The SMILES string of the molecule is Cc1nc2c(n1CC1CC1)CN(Cc1ccccn1)CC21CCN(C)CC1. The fourth-order valence-electron chi connectivity index (χ4n) is 5.04. The Hall–Kier alpha value is -1.72. The number of imidazole rings is 1. The molecule has 1 saturated heterocycles. The summed E-state index contributed by atoms with van der Waals surface area (Å²) in [6, 6.07) is 6.26. The fourth-order valence-corrected chi connectivity index (χ4v) is 5.04. The Labute approximate surface area is 162 Å². The first kappa shape index (κ1) is 17.4. The number of hydrogen-bond donors (Lipinski definition) is 0. The van der Waals surface area contributed by atoms with Crippen molar-refractivity contribution in [2.24, 2.45) is 5.92 Å². The van der Waals surface area contributed by atoms with Gasteiger partial charge in [-0.25, -0.2) is 4.98 Å². The second-order valence-corrected chi connectivity index (χ2v) is 9.06. The summed E-state index contributed by atoms with van der Waals surface area (Å²) in [6.07, 6.45) is 7.13. The van der Waals surface area contributed by atoms with Crippen LogP contribution in [0, 0.1) is 12.8 Å². The molecule has 1 aliphatic carbocycles. The van der Waals surface area contributed by atoms with Gasteiger partial charge < -0.3 is 9.47 Å². The lowest BCUT2D eigenvalue weighted by Crippen LogP contribution is -2.51. The molecule has 5 heteroatoms. The van der Waals surface area contributed by atoms with Crippen molar-refractivity contribution in [1.82, 2.24) is 24.3 Å². The van der Waals surface area contributed by atoms with Crippen molar-refractivity contribution in [2.45, 2.75) is 57.7 Å². The Morgan fingerprint density at radius 2 is 2.00 bits per heavy atom. The molecule has 0 N–H and O–H groups in total. The van der Waals surface area contributed by atoms with Crippen molar-refractivity contribution < 1.29 is 0 Å². The first-order valence-corrected chi connectivity index (χ1v) is 10.5. The topological polar surface area (TPSA) is 37.2 Å². The lowest BCUT2D eigenvalue weighted by molar-refractivity contribution is 0.0990. The highest BCUT2D eigenvalue weighted by Gasteiger charge is 2.45. The van der Waals surface area contributed by atoms with E-state index in [4.69, 9.17) is 4.98 Å². The van der Waals surface area contributed by atoms with E-state index in [9.17, 15) is 0 Å². The van der Waals surface area contributed by atoms with Crippen LogP contribution >= 0.6 is 0 Å². The number of aromatic nitrogens is 3. The van der Waals surface area contributed by atoms with E-state index in [2.05, 4.69) is 45.5 Å². The second-order valence-electron chi connectivity index (χ2n) is 9.06. The summed E-state index contributed by atoms with van der Waals surface area (Å²) in [5.41, 5.74) is 4.31. The number of nitrogens with zero attached hydrogens (tertiary/aromatic N) is 5. The van der Waals surface area contributed by atoms with E-state index in [-0.39, 0.29) is 5.41 Å². The molecule has 0 bridgehead atoms. The Bertz CT molecular complexity index is 800. The number of likely N-dealkylation sites (tertiary alicyclic amines) is 1. The molecular weight excluding hydrogens is 334 g/mol. The van der Waals surface area contributed by atoms with Crippen LogP contribution in [0.15, 0.2) is 24.4 Å². The number of pyridine rings is 1. The van der Waals surface area contributed by atoms with E-state index in [1.807, 2.05) is 12.3 Å². The summed E-state index contributed by atoms with van der Waals surface area (Å²) in [6.45, 7) is 8.79. The van der Waals surface area contributed by atoms with Crippen LogP contribution in [0.25, 0.3) is 0 Å². The highest BCUT2D eigenvalue weighted by atomic mass is 15.2. The Balaban J connectivity index is 1.50. The summed E-state index contributed by atoms with van der Waals surface area (Å²) in [4.78, 5) is 14.9. The van der Waals surface area contributed by atoms with Crippen molar-refractivity contribution in [3.8, 4) is 0 Å². The summed E-state index contributed by atoms with van der Waals surface area (Å²) < 4.78 is 2.55. The number of hydrogen-bond acceptors (Lipinski definition) is 4. The molecule has 0 amide bonds. The van der Waals surface area contributed by atoms with E-state index in [0.717, 1.165) is 25.6 Å². The number of piperidine rings is 1. The molecule has 3 aliphatic rings. The molecule has 5 nitrogen and oxygen atoms in total. The van der Waals surface area contributed by atoms with Crippen LogP contribution in [0.1, 0.15) is 48.6 Å². The van der Waals surface area contributed by atoms with Gasteiger partial charge in [0.2, 0.25) is 0 Å². The van der Waals surface area contributed by atoms with Gasteiger partial charge in [-0.15, -0.1) is 0 Å². The van der Waals surface area contributed by atoms with Gasteiger partial charge in [0, 0.05) is 37.8 Å². The molecule has 2 aliphatic heterocycles. The van der Waals surface area contributed by atoms with E-state index in [1.165, 1.54) is 68.2 Å². The minimum absolute atomic E-state index is 0.217. The molecule has 0 unspecified atom stereocenters. The van der Waals surface area contributed by atoms with Gasteiger partial charge in [0.25, 0.3) is 0 Å². The van der Waals surface area contributed by atoms with Crippen LogP contribution in [-0.4, -0.2) is 51.0 Å². The van der Waals surface area contributed by atoms with Crippen LogP contribution in [0.4, 0.5) is 0 Å². The fraction of sp³-hybridized carbons (Fsp3) is 0.636. The molecule has 0 aromatic carbocycles. The predicted molar refractivity (Wildman–Crippen MR) is 106 cm³/mol. The van der Waals surface area contributed by atoms with Gasteiger partial charge in [0.05, 0.1) is 17.1 Å². The van der Waals surface area contributed by atoms with Gasteiger partial charge in [-0.1, -0.05) is 6.07 Å². The summed E-state index contributed by atoms with van der Waals surface area (Å²) in [7, 11) is 2.25. The molecule has 4 heterocycles. The maximum Gasteiger partial charge on any atom is 0.106 e. The number of rotatable bonds is 4. The Morgan fingerprint density at radius 3 is 2.70 bits per heavy atom. The largest absolute Gasteiger partial charge is 0.331 e. The van der Waals surface area contributed by atoms with Crippen molar-refractivity contribution in [2.75, 3.05) is 26.7 Å². The number of aryl methyl sites for hydroxylation is 1. The van der Waals surface area contributed by atoms with Gasteiger partial charge >= 0.3 is 0 Å². The minimum Gasteiger partial charge on any atom is -0.331 e. The molecule has 0 atom stereocenters. The summed E-state index contributed by atoms with van der Waals surface area (Å²) in [5, 5.41) is 0. The van der Waals surface area contributed by atoms with Crippen LogP contribution in [0.2, 0.25) is 0 Å². The predicted octanol–water partition coefficient (Wildman–Crippen LogP) is 2.98. The zero-order valence-electron chi connectivity index (χ0n) is 16.7. The third-order valence-electron chi connectivity index (χ3n) is 6.86. The van der Waals surface area contributed by atoms with Gasteiger partial charge in [0.1, 0.15) is 5.82 Å². The van der Waals surface area contributed by atoms with Crippen LogP contribution < -0.4 is 0 Å². The Morgan fingerprint density at radius 1 is 1.19 bits per heavy atom. The van der Waals surface area contributed by atoms with E-state index < -0.39 is 0 Å². The smallest absolute Gasteiger partial charge is 0.106 e. The maximum atomic E-state index is 5.18. The highest BCUT2D eigenvalue weighted by Crippen LogP contribution is 2.42. The first-order valence-electron chi connectivity index (χ1n) is 10.5. The van der Waals surface area contributed by atoms with E-state index in [1.54, 1.807) is 0 Å². The quantitative estimate of drug-likeness (QED) is 0.835. The maximum absolute atomic E-state index is 5.18. The molecule has 5 rings (SSSR count). The Kier molecular flexibility index (Phi) is 4.32. The van der Waals surface area contributed by atoms with Gasteiger partial charge in [-0.05, 0) is 70.8 Å². The highest BCUT2D eigenvalue weighted by molar-refractivity contribution is 5.31. The van der Waals surface area contributed by atoms with Crippen LogP contribution in [0.3, 0.4) is 0 Å². The monoisotopic (exact) mass is 365 g/mol. The van der Waals surface area contributed by atoms with Crippen molar-refractivity contribution >= 4 is 0 Å². The lowest BCUT2D eigenvalue weighted by atomic mass is 9.72. The third-order valence-corrected chi connectivity index (χ3v) is 6.86. The molecule has 27 heavy (non-hydrogen) atoms. The average molecular weight is 366 g/mol. The molecule has 2 aromatic heterocycles. The van der Waals surface area contributed by atoms with Crippen LogP contribution in [-0.2, 0) is 25.0 Å². The van der Waals surface area contributed by atoms with Gasteiger partial charge in [-0.3, -0.25) is 9.88 Å². The molecule has 0 radical (unpaired) electrons. The number of fused-ring (bicyclic) bond motifs is 2. The summed E-state index contributed by atoms with van der Waals surface area (Å²) >= 11 is 0. The van der Waals surface area contributed by atoms with E-state index in [0.29, 0.717) is 0 Å². The van der Waals surface area contributed by atoms with Crippen LogP contribution in [0.5, 0.6) is 0 Å². The normalized spacial score (nSPS) is 22.9. The third kappa shape index (κ3) is 3.32. The lowest BCUT2D eigenvalue weighted by Gasteiger charge is -2.46. The molecule has 1 spiro atoms. The molecule has 1 saturated carbocycles. The van der Waals surface area contributed by atoms with Crippen molar-refractivity contribution in [3.05, 3.63) is 47.3 Å². The van der Waals surface area contributed by atoms with E-state index >= 15 is 0 Å². The minimum atomic E-state index is 0.217. The zero-order chi connectivity index (χ0) is 18.4. The molecule has 2 aromatic rings. The molecular formula is C22H31N5. The van der Waals surface area contributed by atoms with Crippen molar-refractivity contribution in [3.63, 3.8) is 0 Å².